The number of hydrogen-bond donors (Lipinski definition) is 1. The summed E-state index contributed by atoms with van der Waals surface area (Å²) < 4.78 is 5.20. The van der Waals surface area contributed by atoms with Crippen molar-refractivity contribution in [3.8, 4) is 5.75 Å². The second-order valence-corrected chi connectivity index (χ2v) is 5.18. The lowest BCUT2D eigenvalue weighted by atomic mass is 10.2. The first-order chi connectivity index (χ1) is 8.61. The summed E-state index contributed by atoms with van der Waals surface area (Å²) in [6.07, 6.45) is 2.48. The molecule has 1 heterocycles. The maximum absolute atomic E-state index is 6.13. The molecular formula is C14H23N3O. The highest BCUT2D eigenvalue weighted by Gasteiger charge is 2.26. The van der Waals surface area contributed by atoms with Gasteiger partial charge in [-0.3, -0.25) is 0 Å². The Morgan fingerprint density at radius 3 is 2.83 bits per heavy atom. The van der Waals surface area contributed by atoms with Gasteiger partial charge in [0.2, 0.25) is 0 Å². The summed E-state index contributed by atoms with van der Waals surface area (Å²) in [5.41, 5.74) is 8.08. The van der Waals surface area contributed by atoms with Crippen molar-refractivity contribution in [2.45, 2.75) is 18.9 Å². The van der Waals surface area contributed by atoms with Crippen LogP contribution in [0.1, 0.15) is 12.8 Å². The van der Waals surface area contributed by atoms with E-state index in [2.05, 4.69) is 30.0 Å². The van der Waals surface area contributed by atoms with Gasteiger partial charge in [0.1, 0.15) is 5.75 Å². The molecule has 1 saturated heterocycles. The van der Waals surface area contributed by atoms with E-state index in [9.17, 15) is 0 Å². The zero-order valence-corrected chi connectivity index (χ0v) is 11.5. The zero-order chi connectivity index (χ0) is 13.1. The minimum Gasteiger partial charge on any atom is -0.497 e. The van der Waals surface area contributed by atoms with Gasteiger partial charge >= 0.3 is 0 Å². The van der Waals surface area contributed by atoms with Gasteiger partial charge in [0.05, 0.1) is 18.5 Å². The third kappa shape index (κ3) is 2.70. The van der Waals surface area contributed by atoms with Gasteiger partial charge < -0.3 is 20.3 Å². The Morgan fingerprint density at radius 2 is 2.22 bits per heavy atom. The average molecular weight is 249 g/mol. The minimum atomic E-state index is 0.565. The molecule has 4 heteroatoms. The lowest BCUT2D eigenvalue weighted by Crippen LogP contribution is -2.37. The van der Waals surface area contributed by atoms with Crippen LogP contribution in [0.25, 0.3) is 0 Å². The number of rotatable bonds is 4. The summed E-state index contributed by atoms with van der Waals surface area (Å²) >= 11 is 0. The van der Waals surface area contributed by atoms with Crippen LogP contribution >= 0.6 is 0 Å². The number of methoxy groups -OCH3 is 1. The predicted molar refractivity (Wildman–Crippen MR) is 76.3 cm³/mol. The van der Waals surface area contributed by atoms with E-state index in [1.807, 2.05) is 12.1 Å². The second kappa shape index (κ2) is 5.48. The Balaban J connectivity index is 2.19. The van der Waals surface area contributed by atoms with Gasteiger partial charge in [-0.2, -0.15) is 0 Å². The lowest BCUT2D eigenvalue weighted by Gasteiger charge is -2.30. The molecule has 0 spiro atoms. The number of nitrogen functional groups attached to an aromatic ring is 1. The molecule has 2 N–H and O–H groups in total. The summed E-state index contributed by atoms with van der Waals surface area (Å²) in [7, 11) is 5.90. The van der Waals surface area contributed by atoms with Crippen LogP contribution in [0.2, 0.25) is 0 Å². The molecule has 100 valence electrons. The number of benzene rings is 1. The van der Waals surface area contributed by atoms with Crippen LogP contribution < -0.4 is 15.4 Å². The van der Waals surface area contributed by atoms with Gasteiger partial charge in [0.15, 0.2) is 0 Å². The number of nitrogens with zero attached hydrogens (tertiary/aromatic N) is 2. The molecule has 1 aliphatic heterocycles. The van der Waals surface area contributed by atoms with E-state index in [-0.39, 0.29) is 0 Å². The molecule has 0 saturated carbocycles. The van der Waals surface area contributed by atoms with Crippen LogP contribution in [0.5, 0.6) is 5.75 Å². The quantitative estimate of drug-likeness (QED) is 0.826. The first-order valence-electron chi connectivity index (χ1n) is 6.46. The second-order valence-electron chi connectivity index (χ2n) is 5.18. The maximum atomic E-state index is 6.13. The molecule has 1 atom stereocenters. The molecule has 0 aliphatic carbocycles. The van der Waals surface area contributed by atoms with Crippen LogP contribution in [-0.4, -0.2) is 45.2 Å². The smallest absolute Gasteiger partial charge is 0.121 e. The fourth-order valence-corrected chi connectivity index (χ4v) is 2.69. The van der Waals surface area contributed by atoms with Gasteiger partial charge in [-0.15, -0.1) is 0 Å². The van der Waals surface area contributed by atoms with Crippen molar-refractivity contribution in [3.05, 3.63) is 18.2 Å². The lowest BCUT2D eigenvalue weighted by molar-refractivity contribution is 0.372. The van der Waals surface area contributed by atoms with Crippen molar-refractivity contribution < 1.29 is 4.74 Å². The first-order valence-corrected chi connectivity index (χ1v) is 6.46. The number of hydrogen-bond acceptors (Lipinski definition) is 4. The molecule has 1 aromatic carbocycles. The zero-order valence-electron chi connectivity index (χ0n) is 11.5. The highest BCUT2D eigenvalue weighted by atomic mass is 16.5. The van der Waals surface area contributed by atoms with Crippen molar-refractivity contribution in [2.24, 2.45) is 0 Å². The van der Waals surface area contributed by atoms with Gasteiger partial charge in [-0.05, 0) is 39.1 Å². The molecule has 0 amide bonds. The Morgan fingerprint density at radius 1 is 1.44 bits per heavy atom. The topological polar surface area (TPSA) is 41.7 Å². The molecular weight excluding hydrogens is 226 g/mol. The fourth-order valence-electron chi connectivity index (χ4n) is 2.69. The van der Waals surface area contributed by atoms with Gasteiger partial charge in [-0.25, -0.2) is 0 Å². The Labute approximate surface area is 109 Å². The highest BCUT2D eigenvalue weighted by Crippen LogP contribution is 2.32. The number of ether oxygens (including phenoxy) is 1. The number of anilines is 2. The van der Waals surface area contributed by atoms with E-state index < -0.39 is 0 Å². The predicted octanol–water partition coefficient (Wildman–Crippen LogP) is 1.81. The molecule has 0 aromatic heterocycles. The molecule has 1 aliphatic rings. The van der Waals surface area contributed by atoms with Gasteiger partial charge in [0, 0.05) is 25.2 Å². The Kier molecular flexibility index (Phi) is 3.97. The molecule has 2 rings (SSSR count). The molecule has 4 nitrogen and oxygen atoms in total. The number of nitrogens with two attached hydrogens (primary N) is 1. The molecule has 1 fully saturated rings. The van der Waals surface area contributed by atoms with Crippen LogP contribution in [-0.2, 0) is 0 Å². The molecule has 1 unspecified atom stereocenters. The van der Waals surface area contributed by atoms with E-state index in [1.165, 1.54) is 12.8 Å². The summed E-state index contributed by atoms with van der Waals surface area (Å²) in [5, 5.41) is 0. The molecule has 18 heavy (non-hydrogen) atoms. The highest BCUT2D eigenvalue weighted by molar-refractivity contribution is 5.70. The normalized spacial score (nSPS) is 19.6. The fraction of sp³-hybridized carbons (Fsp3) is 0.571. The monoisotopic (exact) mass is 249 g/mol. The van der Waals surface area contributed by atoms with Gasteiger partial charge in [0.25, 0.3) is 0 Å². The van der Waals surface area contributed by atoms with Crippen molar-refractivity contribution in [3.63, 3.8) is 0 Å². The third-order valence-electron chi connectivity index (χ3n) is 3.50. The van der Waals surface area contributed by atoms with E-state index in [0.29, 0.717) is 6.04 Å². The molecule has 1 aromatic rings. The van der Waals surface area contributed by atoms with E-state index in [0.717, 1.165) is 30.2 Å². The van der Waals surface area contributed by atoms with Crippen LogP contribution in [0.15, 0.2) is 18.2 Å². The van der Waals surface area contributed by atoms with Crippen molar-refractivity contribution >= 4 is 11.4 Å². The van der Waals surface area contributed by atoms with Gasteiger partial charge in [-0.1, -0.05) is 0 Å². The van der Waals surface area contributed by atoms with E-state index in [4.69, 9.17) is 10.5 Å². The summed E-state index contributed by atoms with van der Waals surface area (Å²) in [4.78, 5) is 4.66. The van der Waals surface area contributed by atoms with Crippen LogP contribution in [0.4, 0.5) is 11.4 Å². The minimum absolute atomic E-state index is 0.565. The van der Waals surface area contributed by atoms with Crippen molar-refractivity contribution in [1.29, 1.82) is 0 Å². The molecule has 0 radical (unpaired) electrons. The SMILES string of the molecule is COc1ccc(N2CCCC2CN(C)C)c(N)c1. The summed E-state index contributed by atoms with van der Waals surface area (Å²) in [6, 6.07) is 6.52. The Bertz CT molecular complexity index is 406. The first kappa shape index (κ1) is 13.0. The van der Waals surface area contributed by atoms with E-state index >= 15 is 0 Å². The van der Waals surface area contributed by atoms with Crippen molar-refractivity contribution in [1.82, 2.24) is 4.90 Å². The number of likely N-dealkylation sites (N-methyl/N-ethyl adjacent to an activating group) is 1. The largest absolute Gasteiger partial charge is 0.497 e. The summed E-state index contributed by atoms with van der Waals surface area (Å²) in [5.74, 6) is 0.819. The third-order valence-corrected chi connectivity index (χ3v) is 3.50. The average Bonchev–Trinajstić information content (AvgIpc) is 2.76. The van der Waals surface area contributed by atoms with E-state index in [1.54, 1.807) is 7.11 Å². The Hall–Kier alpha value is -1.42. The summed E-state index contributed by atoms with van der Waals surface area (Å²) in [6.45, 7) is 2.17. The molecule has 0 bridgehead atoms. The van der Waals surface area contributed by atoms with Crippen LogP contribution in [0, 0.1) is 0 Å². The maximum Gasteiger partial charge on any atom is 0.121 e. The van der Waals surface area contributed by atoms with Crippen LogP contribution in [0.3, 0.4) is 0 Å². The van der Waals surface area contributed by atoms with Crippen molar-refractivity contribution in [2.75, 3.05) is 44.9 Å². The standard InChI is InChI=1S/C14H23N3O/c1-16(2)10-11-5-4-8-17(11)14-7-6-12(18-3)9-13(14)15/h6-7,9,11H,4-5,8,10,15H2,1-3H3.